The summed E-state index contributed by atoms with van der Waals surface area (Å²) in [5.74, 6) is 0.994. The van der Waals surface area contributed by atoms with Crippen molar-refractivity contribution in [1.82, 2.24) is 0 Å². The molecule has 0 unspecified atom stereocenters. The third kappa shape index (κ3) is 3.08. The van der Waals surface area contributed by atoms with Gasteiger partial charge in [-0.05, 0) is 37.8 Å². The van der Waals surface area contributed by atoms with Gasteiger partial charge in [0.15, 0.2) is 0 Å². The van der Waals surface area contributed by atoms with Crippen molar-refractivity contribution in [3.63, 3.8) is 0 Å². The summed E-state index contributed by atoms with van der Waals surface area (Å²) in [7, 11) is 1.63. The Kier molecular flexibility index (Phi) is 4.33. The number of rotatable bonds is 3. The summed E-state index contributed by atoms with van der Waals surface area (Å²) in [4.78, 5) is 0. The predicted molar refractivity (Wildman–Crippen MR) is 73.0 cm³/mol. The molecule has 1 aromatic rings. The van der Waals surface area contributed by atoms with Crippen LogP contribution in [-0.2, 0) is 0 Å². The maximum atomic E-state index is 8.86. The summed E-state index contributed by atoms with van der Waals surface area (Å²) in [6, 6.07) is 8.41. The van der Waals surface area contributed by atoms with Crippen LogP contribution >= 0.6 is 11.6 Å². The first kappa shape index (κ1) is 13.0. The highest BCUT2D eigenvalue weighted by atomic mass is 35.5. The van der Waals surface area contributed by atoms with Crippen LogP contribution in [0.2, 0.25) is 5.02 Å². The van der Waals surface area contributed by atoms with E-state index in [9.17, 15) is 0 Å². The highest BCUT2D eigenvalue weighted by Crippen LogP contribution is 2.31. The molecule has 0 spiro atoms. The van der Waals surface area contributed by atoms with E-state index < -0.39 is 0 Å². The molecule has 0 heterocycles. The van der Waals surface area contributed by atoms with E-state index in [1.54, 1.807) is 7.11 Å². The molecule has 0 radical (unpaired) electrons. The Hall–Kier alpha value is -1.40. The van der Waals surface area contributed by atoms with Crippen molar-refractivity contribution < 1.29 is 4.74 Å². The maximum Gasteiger partial charge on any atom is 0.120 e. The lowest BCUT2D eigenvalue weighted by Crippen LogP contribution is -2.25. The molecule has 1 saturated carbocycles. The number of nitriles is 1. The highest BCUT2D eigenvalue weighted by molar-refractivity contribution is 6.33. The van der Waals surface area contributed by atoms with E-state index in [1.165, 1.54) is 0 Å². The van der Waals surface area contributed by atoms with Crippen molar-refractivity contribution in [1.29, 1.82) is 5.26 Å². The normalized spacial score (nSPS) is 23.2. The Bertz CT molecular complexity index is 448. The number of nitrogens with one attached hydrogen (secondary N) is 1. The smallest absolute Gasteiger partial charge is 0.120 e. The molecule has 1 aliphatic rings. The maximum absolute atomic E-state index is 8.86. The zero-order valence-corrected chi connectivity index (χ0v) is 11.2. The number of anilines is 1. The molecule has 0 aliphatic heterocycles. The highest BCUT2D eigenvalue weighted by Gasteiger charge is 2.21. The quantitative estimate of drug-likeness (QED) is 0.902. The van der Waals surface area contributed by atoms with Gasteiger partial charge in [-0.1, -0.05) is 11.6 Å². The first-order valence-electron chi connectivity index (χ1n) is 6.22. The molecule has 2 rings (SSSR count). The van der Waals surface area contributed by atoms with E-state index in [4.69, 9.17) is 21.6 Å². The van der Waals surface area contributed by atoms with Gasteiger partial charge >= 0.3 is 0 Å². The van der Waals surface area contributed by atoms with Gasteiger partial charge in [0.2, 0.25) is 0 Å². The molecule has 0 atom stereocenters. The summed E-state index contributed by atoms with van der Waals surface area (Å²) in [5, 5.41) is 13.0. The number of halogens is 1. The molecular weight excluding hydrogens is 248 g/mol. The van der Waals surface area contributed by atoms with E-state index in [2.05, 4.69) is 11.4 Å². The van der Waals surface area contributed by atoms with Gasteiger partial charge in [-0.15, -0.1) is 0 Å². The van der Waals surface area contributed by atoms with Gasteiger partial charge in [0.1, 0.15) is 5.75 Å². The molecule has 0 aromatic heterocycles. The van der Waals surface area contributed by atoms with Gasteiger partial charge in [-0.25, -0.2) is 0 Å². The largest absolute Gasteiger partial charge is 0.497 e. The standard InChI is InChI=1S/C14H17ClN2O/c1-18-12-6-7-14(13(15)8-12)17-11-4-2-10(9-16)3-5-11/h6-8,10-11,17H,2-5H2,1H3. The van der Waals surface area contributed by atoms with Crippen LogP contribution in [0.3, 0.4) is 0 Å². The second kappa shape index (κ2) is 5.97. The molecule has 1 aliphatic carbocycles. The van der Waals surface area contributed by atoms with Crippen molar-refractivity contribution in [2.75, 3.05) is 12.4 Å². The van der Waals surface area contributed by atoms with E-state index >= 15 is 0 Å². The fourth-order valence-corrected chi connectivity index (χ4v) is 2.55. The summed E-state index contributed by atoms with van der Waals surface area (Å²) in [6.45, 7) is 0. The Labute approximate surface area is 113 Å². The lowest BCUT2D eigenvalue weighted by molar-refractivity contribution is 0.397. The Morgan fingerprint density at radius 1 is 1.33 bits per heavy atom. The summed E-state index contributed by atoms with van der Waals surface area (Å²) in [6.07, 6.45) is 4.01. The SMILES string of the molecule is COc1ccc(NC2CCC(C#N)CC2)c(Cl)c1. The van der Waals surface area contributed by atoms with Gasteiger partial charge in [0.05, 0.1) is 23.9 Å². The minimum absolute atomic E-state index is 0.231. The zero-order valence-electron chi connectivity index (χ0n) is 10.4. The first-order chi connectivity index (χ1) is 8.72. The second-order valence-corrected chi connectivity index (χ2v) is 5.07. The van der Waals surface area contributed by atoms with E-state index in [0.29, 0.717) is 11.1 Å². The van der Waals surface area contributed by atoms with Crippen molar-refractivity contribution in [2.45, 2.75) is 31.7 Å². The Morgan fingerprint density at radius 3 is 2.61 bits per heavy atom. The molecular formula is C14H17ClN2O. The molecule has 3 nitrogen and oxygen atoms in total. The van der Waals surface area contributed by atoms with Gasteiger partial charge in [0.25, 0.3) is 0 Å². The number of hydrogen-bond donors (Lipinski definition) is 1. The van der Waals surface area contributed by atoms with Crippen LogP contribution in [0.15, 0.2) is 18.2 Å². The fourth-order valence-electron chi connectivity index (χ4n) is 2.33. The number of methoxy groups -OCH3 is 1. The van der Waals surface area contributed by atoms with Crippen LogP contribution < -0.4 is 10.1 Å². The third-order valence-electron chi connectivity index (χ3n) is 3.45. The van der Waals surface area contributed by atoms with Crippen LogP contribution in [-0.4, -0.2) is 13.2 Å². The summed E-state index contributed by atoms with van der Waals surface area (Å²) in [5.41, 5.74) is 0.942. The van der Waals surface area contributed by atoms with Gasteiger partial charge in [0, 0.05) is 18.0 Å². The van der Waals surface area contributed by atoms with Gasteiger partial charge in [-0.2, -0.15) is 5.26 Å². The van der Waals surface area contributed by atoms with Gasteiger partial charge in [-0.3, -0.25) is 0 Å². The topological polar surface area (TPSA) is 45.0 Å². The van der Waals surface area contributed by atoms with E-state index in [1.807, 2.05) is 18.2 Å². The number of nitrogens with zero attached hydrogens (tertiary/aromatic N) is 1. The Balaban J connectivity index is 1.96. The first-order valence-corrected chi connectivity index (χ1v) is 6.60. The van der Waals surface area contributed by atoms with Crippen molar-refractivity contribution >= 4 is 17.3 Å². The molecule has 1 fully saturated rings. The van der Waals surface area contributed by atoms with Crippen LogP contribution in [0.1, 0.15) is 25.7 Å². The predicted octanol–water partition coefficient (Wildman–Crippen LogP) is 3.84. The van der Waals surface area contributed by atoms with Crippen LogP contribution in [0, 0.1) is 17.2 Å². The molecule has 4 heteroatoms. The Morgan fingerprint density at radius 2 is 2.06 bits per heavy atom. The molecule has 96 valence electrons. The number of benzene rings is 1. The van der Waals surface area contributed by atoms with Crippen LogP contribution in [0.25, 0.3) is 0 Å². The van der Waals surface area contributed by atoms with Gasteiger partial charge < -0.3 is 10.1 Å². The molecule has 0 bridgehead atoms. The lowest BCUT2D eigenvalue weighted by atomic mass is 9.87. The molecule has 0 saturated heterocycles. The zero-order chi connectivity index (χ0) is 13.0. The monoisotopic (exact) mass is 264 g/mol. The molecule has 1 aromatic carbocycles. The lowest BCUT2D eigenvalue weighted by Gasteiger charge is -2.27. The second-order valence-electron chi connectivity index (χ2n) is 4.67. The fraction of sp³-hybridized carbons (Fsp3) is 0.500. The summed E-state index contributed by atoms with van der Waals surface area (Å²) >= 11 is 6.19. The van der Waals surface area contributed by atoms with E-state index in [-0.39, 0.29) is 5.92 Å². The average Bonchev–Trinajstić information content (AvgIpc) is 2.42. The molecule has 0 amide bonds. The number of hydrogen-bond acceptors (Lipinski definition) is 3. The van der Waals surface area contributed by atoms with Crippen molar-refractivity contribution in [3.8, 4) is 11.8 Å². The molecule has 18 heavy (non-hydrogen) atoms. The number of ether oxygens (including phenoxy) is 1. The average molecular weight is 265 g/mol. The summed E-state index contributed by atoms with van der Waals surface area (Å²) < 4.78 is 5.12. The van der Waals surface area contributed by atoms with E-state index in [0.717, 1.165) is 37.1 Å². The van der Waals surface area contributed by atoms with Crippen molar-refractivity contribution in [3.05, 3.63) is 23.2 Å². The minimum Gasteiger partial charge on any atom is -0.497 e. The third-order valence-corrected chi connectivity index (χ3v) is 3.76. The van der Waals surface area contributed by atoms with Crippen molar-refractivity contribution in [2.24, 2.45) is 5.92 Å². The molecule has 1 N–H and O–H groups in total. The van der Waals surface area contributed by atoms with Crippen LogP contribution in [0.5, 0.6) is 5.75 Å². The van der Waals surface area contributed by atoms with Crippen LogP contribution in [0.4, 0.5) is 5.69 Å². The minimum atomic E-state index is 0.231.